The molecule has 0 bridgehead atoms. The molecule has 0 saturated carbocycles. The van der Waals surface area contributed by atoms with Gasteiger partial charge in [-0.25, -0.2) is 0 Å². The summed E-state index contributed by atoms with van der Waals surface area (Å²) >= 11 is 0. The second-order valence-electron chi connectivity index (χ2n) is 13.6. The van der Waals surface area contributed by atoms with Crippen LogP contribution in [0.5, 0.6) is 0 Å². The van der Waals surface area contributed by atoms with Crippen LogP contribution in [0.25, 0.3) is 55.0 Å². The molecular weight excluding hydrogens is 635 g/mol. The molecule has 1 aliphatic carbocycles. The number of rotatable bonds is 5. The summed E-state index contributed by atoms with van der Waals surface area (Å²) in [7, 11) is 0. The van der Waals surface area contributed by atoms with Gasteiger partial charge in [-0.15, -0.1) is 0 Å². The Kier molecular flexibility index (Phi) is 6.17. The Balaban J connectivity index is 1.27. The van der Waals surface area contributed by atoms with E-state index in [0.29, 0.717) is 0 Å². The van der Waals surface area contributed by atoms with Crippen molar-refractivity contribution >= 4 is 60.9 Å². The first-order chi connectivity index (χ1) is 25.8. The molecule has 0 amide bonds. The van der Waals surface area contributed by atoms with Crippen LogP contribution < -0.4 is 4.90 Å². The molecule has 2 heterocycles. The van der Waals surface area contributed by atoms with Gasteiger partial charge in [0.2, 0.25) is 0 Å². The van der Waals surface area contributed by atoms with E-state index in [1.807, 2.05) is 18.2 Å². The smallest absolute Gasteiger partial charge is 0.137 e. The fourth-order valence-electron chi connectivity index (χ4n) is 8.86. The van der Waals surface area contributed by atoms with Crippen LogP contribution in [0.1, 0.15) is 22.3 Å². The third-order valence-electron chi connectivity index (χ3n) is 10.9. The van der Waals surface area contributed by atoms with Crippen molar-refractivity contribution < 1.29 is 8.83 Å². The highest BCUT2D eigenvalue weighted by Crippen LogP contribution is 2.60. The molecule has 3 nitrogen and oxygen atoms in total. The number of fused-ring (bicyclic) bond motifs is 9. The van der Waals surface area contributed by atoms with Crippen molar-refractivity contribution in [3.63, 3.8) is 0 Å². The van der Waals surface area contributed by atoms with Crippen molar-refractivity contribution in [3.05, 3.63) is 210 Å². The lowest BCUT2D eigenvalue weighted by Gasteiger charge is -2.34. The van der Waals surface area contributed by atoms with Crippen LogP contribution in [0.3, 0.4) is 0 Å². The molecule has 0 unspecified atom stereocenters. The Labute approximate surface area is 300 Å². The summed E-state index contributed by atoms with van der Waals surface area (Å²) < 4.78 is 13.0. The Morgan fingerprint density at radius 3 is 1.73 bits per heavy atom. The van der Waals surface area contributed by atoms with E-state index < -0.39 is 5.41 Å². The average Bonchev–Trinajstić information content (AvgIpc) is 3.87. The van der Waals surface area contributed by atoms with Crippen molar-refractivity contribution in [3.8, 4) is 11.1 Å². The normalized spacial score (nSPS) is 13.2. The molecule has 2 aromatic heterocycles. The van der Waals surface area contributed by atoms with Crippen LogP contribution in [0.4, 0.5) is 17.1 Å². The van der Waals surface area contributed by atoms with E-state index in [4.69, 9.17) is 8.83 Å². The first kappa shape index (κ1) is 28.9. The van der Waals surface area contributed by atoms with Gasteiger partial charge in [0, 0.05) is 33.5 Å². The van der Waals surface area contributed by atoms with Crippen molar-refractivity contribution in [1.82, 2.24) is 0 Å². The van der Waals surface area contributed by atoms with Crippen molar-refractivity contribution in [2.45, 2.75) is 5.41 Å². The van der Waals surface area contributed by atoms with Gasteiger partial charge in [0.15, 0.2) is 0 Å². The fourth-order valence-corrected chi connectivity index (χ4v) is 8.86. The van der Waals surface area contributed by atoms with Crippen LogP contribution >= 0.6 is 0 Å². The zero-order valence-corrected chi connectivity index (χ0v) is 28.2. The molecule has 0 radical (unpaired) electrons. The molecule has 3 heteroatoms. The first-order valence-corrected chi connectivity index (χ1v) is 17.8. The van der Waals surface area contributed by atoms with E-state index in [9.17, 15) is 0 Å². The van der Waals surface area contributed by atoms with E-state index in [-0.39, 0.29) is 0 Å². The second kappa shape index (κ2) is 11.1. The number of hydrogen-bond acceptors (Lipinski definition) is 3. The molecule has 8 aromatic carbocycles. The topological polar surface area (TPSA) is 29.5 Å². The fraction of sp³-hybridized carbons (Fsp3) is 0.0204. The number of furan rings is 2. The number of para-hydroxylation sites is 2. The van der Waals surface area contributed by atoms with Gasteiger partial charge in [0.1, 0.15) is 22.3 Å². The lowest BCUT2D eigenvalue weighted by atomic mass is 9.68. The monoisotopic (exact) mass is 665 g/mol. The minimum atomic E-state index is -0.521. The Hall–Kier alpha value is -6.84. The number of benzene rings is 8. The summed E-state index contributed by atoms with van der Waals surface area (Å²) in [5, 5.41) is 4.37. The molecule has 0 spiro atoms. The molecule has 0 N–H and O–H groups in total. The zero-order chi connectivity index (χ0) is 34.2. The van der Waals surface area contributed by atoms with Crippen LogP contribution in [0, 0.1) is 0 Å². The Morgan fingerprint density at radius 1 is 0.385 bits per heavy atom. The maximum Gasteiger partial charge on any atom is 0.137 e. The minimum absolute atomic E-state index is 0.521. The highest BCUT2D eigenvalue weighted by atomic mass is 16.3. The summed E-state index contributed by atoms with van der Waals surface area (Å²) in [6.07, 6.45) is 0. The highest BCUT2D eigenvalue weighted by Gasteiger charge is 2.47. The number of anilines is 3. The molecule has 0 fully saturated rings. The summed E-state index contributed by atoms with van der Waals surface area (Å²) in [6, 6.07) is 67.3. The molecule has 244 valence electrons. The maximum absolute atomic E-state index is 6.51. The predicted octanol–water partition coefficient (Wildman–Crippen LogP) is 13.3. The van der Waals surface area contributed by atoms with E-state index in [1.165, 1.54) is 33.4 Å². The van der Waals surface area contributed by atoms with Gasteiger partial charge in [-0.05, 0) is 70.3 Å². The molecular formula is C49H31NO2. The molecule has 0 aliphatic heterocycles. The number of nitrogens with zero attached hydrogens (tertiary/aromatic N) is 1. The van der Waals surface area contributed by atoms with E-state index in [0.717, 1.165) is 60.9 Å². The van der Waals surface area contributed by atoms with Crippen LogP contribution in [-0.2, 0) is 5.41 Å². The first-order valence-electron chi connectivity index (χ1n) is 17.8. The van der Waals surface area contributed by atoms with Gasteiger partial charge in [0.05, 0.1) is 22.2 Å². The minimum Gasteiger partial charge on any atom is -0.456 e. The zero-order valence-electron chi connectivity index (χ0n) is 28.2. The van der Waals surface area contributed by atoms with E-state index in [2.05, 4.69) is 175 Å². The summed E-state index contributed by atoms with van der Waals surface area (Å²) in [5.74, 6) is 0. The largest absolute Gasteiger partial charge is 0.456 e. The molecule has 11 rings (SSSR count). The third kappa shape index (κ3) is 3.96. The van der Waals surface area contributed by atoms with Crippen LogP contribution in [0.2, 0.25) is 0 Å². The summed E-state index contributed by atoms with van der Waals surface area (Å²) in [4.78, 5) is 2.42. The van der Waals surface area contributed by atoms with E-state index in [1.54, 1.807) is 0 Å². The van der Waals surface area contributed by atoms with Gasteiger partial charge < -0.3 is 13.7 Å². The second-order valence-corrected chi connectivity index (χ2v) is 13.6. The summed E-state index contributed by atoms with van der Waals surface area (Å²) in [6.45, 7) is 0. The molecule has 0 atom stereocenters. The van der Waals surface area contributed by atoms with Gasteiger partial charge in [-0.1, -0.05) is 140 Å². The standard InChI is InChI=1S/C49H31NO2/c1-3-15-32(16-4-1)49(33-17-5-2-6-18-33)39-22-10-7-20-37(39)47-40(49)23-13-24-41(47)50(34-29-30-36-35-19-8-11-26-43(35)52-46(36)31-34)42-25-14-28-45-48(42)38-21-9-12-27-44(38)51-45/h1-31H. The van der Waals surface area contributed by atoms with Crippen molar-refractivity contribution in [2.24, 2.45) is 0 Å². The van der Waals surface area contributed by atoms with E-state index >= 15 is 0 Å². The van der Waals surface area contributed by atoms with Gasteiger partial charge in [-0.3, -0.25) is 0 Å². The average molecular weight is 666 g/mol. The summed E-state index contributed by atoms with van der Waals surface area (Å²) in [5.41, 5.74) is 13.5. The predicted molar refractivity (Wildman–Crippen MR) is 213 cm³/mol. The van der Waals surface area contributed by atoms with Crippen LogP contribution in [-0.4, -0.2) is 0 Å². The van der Waals surface area contributed by atoms with Crippen molar-refractivity contribution in [1.29, 1.82) is 0 Å². The highest BCUT2D eigenvalue weighted by molar-refractivity contribution is 6.15. The van der Waals surface area contributed by atoms with Gasteiger partial charge in [0.25, 0.3) is 0 Å². The lowest BCUT2D eigenvalue weighted by Crippen LogP contribution is -2.28. The Bertz CT molecular complexity index is 2930. The molecule has 1 aliphatic rings. The quantitative estimate of drug-likeness (QED) is 0.183. The SMILES string of the molecule is c1ccc(C2(c3ccccc3)c3ccccc3-c3c(N(c4ccc5c(c4)oc4ccccc45)c4cccc5oc6ccccc6c45)cccc32)cc1. The number of hydrogen-bond donors (Lipinski definition) is 0. The third-order valence-corrected chi connectivity index (χ3v) is 10.9. The lowest BCUT2D eigenvalue weighted by molar-refractivity contribution is 0.669. The van der Waals surface area contributed by atoms with Crippen molar-refractivity contribution in [2.75, 3.05) is 4.90 Å². The molecule has 0 saturated heterocycles. The maximum atomic E-state index is 6.51. The molecule has 10 aromatic rings. The van der Waals surface area contributed by atoms with Gasteiger partial charge >= 0.3 is 0 Å². The Morgan fingerprint density at radius 2 is 0.942 bits per heavy atom. The molecule has 52 heavy (non-hydrogen) atoms. The van der Waals surface area contributed by atoms with Crippen LogP contribution in [0.15, 0.2) is 197 Å². The van der Waals surface area contributed by atoms with Gasteiger partial charge in [-0.2, -0.15) is 0 Å².